The van der Waals surface area contributed by atoms with Gasteiger partial charge in [0.15, 0.2) is 0 Å². The van der Waals surface area contributed by atoms with Crippen LogP contribution in [-0.2, 0) is 19.1 Å². The van der Waals surface area contributed by atoms with Gasteiger partial charge in [-0.05, 0) is 19.3 Å². The number of ether oxygens (including phenoxy) is 2. The lowest BCUT2D eigenvalue weighted by atomic mass is 10.0. The first-order valence-corrected chi connectivity index (χ1v) is 7.14. The van der Waals surface area contributed by atoms with Crippen molar-refractivity contribution in [2.24, 2.45) is 5.92 Å². The maximum Gasteiger partial charge on any atom is 0.322 e. The molecule has 0 aliphatic carbocycles. The second kappa shape index (κ2) is 8.21. The SMILES string of the molecule is COC(=O)C(CC(C)C)NCC(=O)N1CCOC(C)C1. The minimum Gasteiger partial charge on any atom is -0.468 e. The van der Waals surface area contributed by atoms with Gasteiger partial charge in [-0.1, -0.05) is 13.8 Å². The first-order chi connectivity index (χ1) is 9.43. The summed E-state index contributed by atoms with van der Waals surface area (Å²) in [5, 5.41) is 3.01. The van der Waals surface area contributed by atoms with E-state index in [0.29, 0.717) is 32.0 Å². The van der Waals surface area contributed by atoms with Gasteiger partial charge in [0.05, 0.1) is 26.4 Å². The number of esters is 1. The summed E-state index contributed by atoms with van der Waals surface area (Å²) in [5.41, 5.74) is 0. The third-order valence-corrected chi connectivity index (χ3v) is 3.29. The molecule has 0 bridgehead atoms. The number of nitrogens with one attached hydrogen (secondary N) is 1. The van der Waals surface area contributed by atoms with Gasteiger partial charge in [0.1, 0.15) is 6.04 Å². The Hall–Kier alpha value is -1.14. The number of carbonyl (C=O) groups excluding carboxylic acids is 2. The van der Waals surface area contributed by atoms with Crippen LogP contribution in [0.1, 0.15) is 27.2 Å². The fourth-order valence-corrected chi connectivity index (χ4v) is 2.24. The fourth-order valence-electron chi connectivity index (χ4n) is 2.24. The summed E-state index contributed by atoms with van der Waals surface area (Å²) >= 11 is 0. The van der Waals surface area contributed by atoms with Gasteiger partial charge in [-0.2, -0.15) is 0 Å². The normalized spacial score (nSPS) is 20.9. The van der Waals surface area contributed by atoms with Crippen LogP contribution >= 0.6 is 0 Å². The van der Waals surface area contributed by atoms with Gasteiger partial charge in [-0.25, -0.2) is 0 Å². The highest BCUT2D eigenvalue weighted by Gasteiger charge is 2.24. The van der Waals surface area contributed by atoms with Crippen molar-refractivity contribution in [2.45, 2.75) is 39.3 Å². The maximum atomic E-state index is 12.1. The molecule has 2 unspecified atom stereocenters. The summed E-state index contributed by atoms with van der Waals surface area (Å²) < 4.78 is 10.2. The number of rotatable bonds is 6. The predicted molar refractivity (Wildman–Crippen MR) is 75.3 cm³/mol. The Morgan fingerprint density at radius 1 is 1.45 bits per heavy atom. The van der Waals surface area contributed by atoms with Crippen molar-refractivity contribution in [3.8, 4) is 0 Å². The summed E-state index contributed by atoms with van der Waals surface area (Å²) in [7, 11) is 1.36. The zero-order valence-electron chi connectivity index (χ0n) is 12.8. The molecule has 6 nitrogen and oxygen atoms in total. The summed E-state index contributed by atoms with van der Waals surface area (Å²) in [6.07, 6.45) is 0.721. The smallest absolute Gasteiger partial charge is 0.322 e. The second-order valence-electron chi connectivity index (χ2n) is 5.61. The second-order valence-corrected chi connectivity index (χ2v) is 5.61. The van der Waals surface area contributed by atoms with E-state index in [1.165, 1.54) is 7.11 Å². The van der Waals surface area contributed by atoms with Gasteiger partial charge >= 0.3 is 5.97 Å². The van der Waals surface area contributed by atoms with E-state index in [2.05, 4.69) is 5.32 Å². The van der Waals surface area contributed by atoms with Gasteiger partial charge in [-0.3, -0.25) is 14.9 Å². The maximum absolute atomic E-state index is 12.1. The van der Waals surface area contributed by atoms with Crippen molar-refractivity contribution >= 4 is 11.9 Å². The summed E-state index contributed by atoms with van der Waals surface area (Å²) in [5.74, 6) is 0.0322. The van der Waals surface area contributed by atoms with Crippen LogP contribution in [0.4, 0.5) is 0 Å². The molecule has 0 spiro atoms. The minimum atomic E-state index is -0.428. The summed E-state index contributed by atoms with van der Waals surface area (Å²) in [4.78, 5) is 25.5. The van der Waals surface area contributed by atoms with Crippen LogP contribution in [0.3, 0.4) is 0 Å². The average molecular weight is 286 g/mol. The lowest BCUT2D eigenvalue weighted by Gasteiger charge is -2.31. The van der Waals surface area contributed by atoms with E-state index < -0.39 is 6.04 Å². The fraction of sp³-hybridized carbons (Fsp3) is 0.857. The van der Waals surface area contributed by atoms with Crippen LogP contribution in [0.25, 0.3) is 0 Å². The monoisotopic (exact) mass is 286 g/mol. The molecule has 1 aliphatic rings. The van der Waals surface area contributed by atoms with E-state index >= 15 is 0 Å². The lowest BCUT2D eigenvalue weighted by Crippen LogP contribution is -2.50. The van der Waals surface area contributed by atoms with Gasteiger partial charge in [0.2, 0.25) is 5.91 Å². The molecule has 1 saturated heterocycles. The average Bonchev–Trinajstić information content (AvgIpc) is 2.41. The molecule has 0 saturated carbocycles. The third-order valence-electron chi connectivity index (χ3n) is 3.29. The molecule has 2 atom stereocenters. The van der Waals surface area contributed by atoms with E-state index in [4.69, 9.17) is 9.47 Å². The zero-order valence-corrected chi connectivity index (χ0v) is 12.8. The number of morpholine rings is 1. The number of carbonyl (C=O) groups is 2. The Bertz CT molecular complexity index is 333. The Balaban J connectivity index is 2.45. The van der Waals surface area contributed by atoms with E-state index in [1.807, 2.05) is 20.8 Å². The molecule has 0 aromatic rings. The highest BCUT2D eigenvalue weighted by atomic mass is 16.5. The molecule has 0 aromatic heterocycles. The highest BCUT2D eigenvalue weighted by molar-refractivity contribution is 5.80. The number of nitrogens with zero attached hydrogens (tertiary/aromatic N) is 1. The Morgan fingerprint density at radius 2 is 2.15 bits per heavy atom. The van der Waals surface area contributed by atoms with Crippen molar-refractivity contribution in [1.82, 2.24) is 10.2 Å². The quantitative estimate of drug-likeness (QED) is 0.716. The van der Waals surface area contributed by atoms with Crippen molar-refractivity contribution in [2.75, 3.05) is 33.4 Å². The van der Waals surface area contributed by atoms with Crippen LogP contribution in [0.2, 0.25) is 0 Å². The molecule has 0 radical (unpaired) electrons. The molecule has 1 fully saturated rings. The van der Waals surface area contributed by atoms with Gasteiger partial charge < -0.3 is 14.4 Å². The lowest BCUT2D eigenvalue weighted by molar-refractivity contribution is -0.144. The summed E-state index contributed by atoms with van der Waals surface area (Å²) in [6, 6.07) is -0.428. The van der Waals surface area contributed by atoms with E-state index in [0.717, 1.165) is 0 Å². The van der Waals surface area contributed by atoms with Crippen LogP contribution in [0.5, 0.6) is 0 Å². The largest absolute Gasteiger partial charge is 0.468 e. The van der Waals surface area contributed by atoms with Crippen LogP contribution in [-0.4, -0.2) is 62.3 Å². The predicted octanol–water partition coefficient (Wildman–Crippen LogP) is 0.411. The molecule has 1 aliphatic heterocycles. The first kappa shape index (κ1) is 16.9. The molecule has 6 heteroatoms. The van der Waals surface area contributed by atoms with Crippen molar-refractivity contribution < 1.29 is 19.1 Å². The number of amides is 1. The van der Waals surface area contributed by atoms with Crippen LogP contribution in [0, 0.1) is 5.92 Å². The standard InChI is InChI=1S/C14H26N2O4/c1-10(2)7-12(14(18)19-4)15-8-13(17)16-5-6-20-11(3)9-16/h10-12,15H,5-9H2,1-4H3. The summed E-state index contributed by atoms with van der Waals surface area (Å²) in [6.45, 7) is 7.94. The van der Waals surface area contributed by atoms with Crippen molar-refractivity contribution in [1.29, 1.82) is 0 Å². The van der Waals surface area contributed by atoms with Crippen LogP contribution in [0.15, 0.2) is 0 Å². The van der Waals surface area contributed by atoms with Crippen molar-refractivity contribution in [3.63, 3.8) is 0 Å². The molecule has 1 amide bonds. The topological polar surface area (TPSA) is 67.9 Å². The van der Waals surface area contributed by atoms with Gasteiger partial charge in [0.25, 0.3) is 0 Å². The van der Waals surface area contributed by atoms with Crippen molar-refractivity contribution in [3.05, 3.63) is 0 Å². The third kappa shape index (κ3) is 5.46. The molecule has 116 valence electrons. The van der Waals surface area contributed by atoms with Gasteiger partial charge in [-0.15, -0.1) is 0 Å². The molecule has 1 heterocycles. The molecular weight excluding hydrogens is 260 g/mol. The molecule has 0 aromatic carbocycles. The van der Waals surface area contributed by atoms with Crippen LogP contribution < -0.4 is 5.32 Å². The highest BCUT2D eigenvalue weighted by Crippen LogP contribution is 2.07. The van der Waals surface area contributed by atoms with E-state index in [-0.39, 0.29) is 24.5 Å². The molecule has 20 heavy (non-hydrogen) atoms. The Morgan fingerprint density at radius 3 is 2.70 bits per heavy atom. The van der Waals surface area contributed by atoms with E-state index in [1.54, 1.807) is 4.90 Å². The van der Waals surface area contributed by atoms with E-state index in [9.17, 15) is 9.59 Å². The Labute approximate surface area is 120 Å². The molecule has 1 N–H and O–H groups in total. The van der Waals surface area contributed by atoms with Gasteiger partial charge in [0, 0.05) is 13.1 Å². The Kier molecular flexibility index (Phi) is 6.95. The number of methoxy groups -OCH3 is 1. The minimum absolute atomic E-state index is 0.00203. The number of hydrogen-bond acceptors (Lipinski definition) is 5. The zero-order chi connectivity index (χ0) is 15.1. The number of hydrogen-bond donors (Lipinski definition) is 1. The first-order valence-electron chi connectivity index (χ1n) is 7.14. The molecular formula is C14H26N2O4. The molecule has 1 rings (SSSR count).